The summed E-state index contributed by atoms with van der Waals surface area (Å²) in [5, 5.41) is 2.74. The maximum atomic E-state index is 11.5. The van der Waals surface area contributed by atoms with Crippen molar-refractivity contribution in [1.82, 2.24) is 4.98 Å². The highest BCUT2D eigenvalue weighted by Crippen LogP contribution is 2.19. The molecule has 0 fully saturated rings. The van der Waals surface area contributed by atoms with Crippen molar-refractivity contribution in [3.05, 3.63) is 18.3 Å². The van der Waals surface area contributed by atoms with Gasteiger partial charge in [-0.15, -0.1) is 0 Å². The standard InChI is InChI=1S/C11H18N4O2/c1-15(2)11-9(4-3-6-13-11)14-10(16)8-17-7-5-12/h3-4,6H,5,7-8,12H2,1-2H3,(H,14,16). The molecule has 0 atom stereocenters. The maximum absolute atomic E-state index is 11.5. The second-order valence-electron chi connectivity index (χ2n) is 3.66. The van der Waals surface area contributed by atoms with Crippen LogP contribution in [0.15, 0.2) is 18.3 Å². The van der Waals surface area contributed by atoms with Crippen LogP contribution in [0, 0.1) is 0 Å². The Balaban J connectivity index is 2.58. The SMILES string of the molecule is CN(C)c1ncccc1NC(=O)COCCN. The van der Waals surface area contributed by atoms with Crippen molar-refractivity contribution in [3.8, 4) is 0 Å². The summed E-state index contributed by atoms with van der Waals surface area (Å²) < 4.78 is 5.05. The van der Waals surface area contributed by atoms with Crippen LogP contribution in [0.5, 0.6) is 0 Å². The summed E-state index contributed by atoms with van der Waals surface area (Å²) >= 11 is 0. The van der Waals surface area contributed by atoms with E-state index < -0.39 is 0 Å². The van der Waals surface area contributed by atoms with Crippen molar-refractivity contribution in [2.75, 3.05) is 44.1 Å². The Morgan fingerprint density at radius 2 is 2.35 bits per heavy atom. The lowest BCUT2D eigenvalue weighted by atomic mass is 10.3. The molecule has 1 aromatic rings. The van der Waals surface area contributed by atoms with E-state index in [4.69, 9.17) is 10.5 Å². The fraction of sp³-hybridized carbons (Fsp3) is 0.455. The topological polar surface area (TPSA) is 80.5 Å². The summed E-state index contributed by atoms with van der Waals surface area (Å²) in [6, 6.07) is 3.56. The molecule has 0 spiro atoms. The van der Waals surface area contributed by atoms with Crippen LogP contribution in [-0.4, -0.2) is 44.7 Å². The van der Waals surface area contributed by atoms with Gasteiger partial charge in [0.1, 0.15) is 6.61 Å². The molecule has 0 aliphatic carbocycles. The molecule has 0 saturated carbocycles. The van der Waals surface area contributed by atoms with E-state index in [2.05, 4.69) is 10.3 Å². The molecule has 94 valence electrons. The number of nitrogens with zero attached hydrogens (tertiary/aromatic N) is 2. The average molecular weight is 238 g/mol. The van der Waals surface area contributed by atoms with Gasteiger partial charge in [0.05, 0.1) is 12.3 Å². The van der Waals surface area contributed by atoms with Crippen molar-refractivity contribution in [3.63, 3.8) is 0 Å². The molecule has 0 aliphatic rings. The Kier molecular flexibility index (Phi) is 5.38. The van der Waals surface area contributed by atoms with E-state index in [0.717, 1.165) is 0 Å². The minimum absolute atomic E-state index is 0.00103. The average Bonchev–Trinajstić information content (AvgIpc) is 2.29. The molecule has 6 heteroatoms. The van der Waals surface area contributed by atoms with Gasteiger partial charge in [-0.2, -0.15) is 0 Å². The van der Waals surface area contributed by atoms with Crippen molar-refractivity contribution < 1.29 is 9.53 Å². The number of amides is 1. The van der Waals surface area contributed by atoms with E-state index in [1.165, 1.54) is 0 Å². The van der Waals surface area contributed by atoms with Crippen molar-refractivity contribution >= 4 is 17.4 Å². The zero-order chi connectivity index (χ0) is 12.7. The predicted octanol–water partition coefficient (Wildman–Crippen LogP) is 0.0614. The zero-order valence-electron chi connectivity index (χ0n) is 10.1. The number of hydrogen-bond acceptors (Lipinski definition) is 5. The quantitative estimate of drug-likeness (QED) is 0.685. The van der Waals surface area contributed by atoms with Crippen LogP contribution < -0.4 is 16.0 Å². The third-order valence-corrected chi connectivity index (χ3v) is 1.98. The third kappa shape index (κ3) is 4.38. The molecular weight excluding hydrogens is 220 g/mol. The number of rotatable bonds is 6. The first kappa shape index (κ1) is 13.4. The molecule has 0 aromatic carbocycles. The van der Waals surface area contributed by atoms with Crippen molar-refractivity contribution in [2.45, 2.75) is 0 Å². The lowest BCUT2D eigenvalue weighted by molar-refractivity contribution is -0.120. The highest BCUT2D eigenvalue weighted by atomic mass is 16.5. The Hall–Kier alpha value is -1.66. The zero-order valence-corrected chi connectivity index (χ0v) is 10.1. The highest BCUT2D eigenvalue weighted by Gasteiger charge is 2.08. The summed E-state index contributed by atoms with van der Waals surface area (Å²) in [7, 11) is 3.73. The smallest absolute Gasteiger partial charge is 0.250 e. The molecule has 0 saturated heterocycles. The first-order valence-electron chi connectivity index (χ1n) is 5.35. The van der Waals surface area contributed by atoms with Gasteiger partial charge in [-0.05, 0) is 12.1 Å². The Morgan fingerprint density at radius 1 is 1.59 bits per heavy atom. The Labute approximate surface area is 101 Å². The molecular formula is C11H18N4O2. The van der Waals surface area contributed by atoms with E-state index in [9.17, 15) is 4.79 Å². The minimum Gasteiger partial charge on any atom is -0.370 e. The molecule has 1 aromatic heterocycles. The third-order valence-electron chi connectivity index (χ3n) is 1.98. The Morgan fingerprint density at radius 3 is 3.00 bits per heavy atom. The van der Waals surface area contributed by atoms with Crippen LogP contribution in [0.4, 0.5) is 11.5 Å². The van der Waals surface area contributed by atoms with Gasteiger partial charge in [-0.1, -0.05) is 0 Å². The Bertz CT molecular complexity index is 368. The molecule has 1 amide bonds. The van der Waals surface area contributed by atoms with Crippen molar-refractivity contribution in [2.24, 2.45) is 5.73 Å². The fourth-order valence-corrected chi connectivity index (χ4v) is 1.29. The number of carbonyl (C=O) groups excluding carboxylic acids is 1. The second kappa shape index (κ2) is 6.82. The van der Waals surface area contributed by atoms with Crippen LogP contribution in [0.2, 0.25) is 0 Å². The number of carbonyl (C=O) groups is 1. The molecule has 3 N–H and O–H groups in total. The monoisotopic (exact) mass is 238 g/mol. The molecule has 0 bridgehead atoms. The van der Waals surface area contributed by atoms with Gasteiger partial charge in [-0.25, -0.2) is 4.98 Å². The van der Waals surface area contributed by atoms with Gasteiger partial charge in [0.25, 0.3) is 0 Å². The fourth-order valence-electron chi connectivity index (χ4n) is 1.29. The highest BCUT2D eigenvalue weighted by molar-refractivity contribution is 5.94. The number of pyridine rings is 1. The summed E-state index contributed by atoms with van der Waals surface area (Å²) in [5.74, 6) is 0.495. The van der Waals surface area contributed by atoms with Crippen LogP contribution in [0.25, 0.3) is 0 Å². The van der Waals surface area contributed by atoms with Gasteiger partial charge in [0, 0.05) is 26.8 Å². The normalized spacial score (nSPS) is 10.1. The maximum Gasteiger partial charge on any atom is 0.250 e. The molecule has 0 unspecified atom stereocenters. The molecule has 1 rings (SSSR count). The van der Waals surface area contributed by atoms with Crippen LogP contribution in [0.3, 0.4) is 0 Å². The summed E-state index contributed by atoms with van der Waals surface area (Å²) in [6.07, 6.45) is 1.68. The number of aromatic nitrogens is 1. The second-order valence-corrected chi connectivity index (χ2v) is 3.66. The van der Waals surface area contributed by atoms with Gasteiger partial charge >= 0.3 is 0 Å². The van der Waals surface area contributed by atoms with Crippen LogP contribution in [0.1, 0.15) is 0 Å². The minimum atomic E-state index is -0.213. The first-order chi connectivity index (χ1) is 8.15. The molecule has 0 aliphatic heterocycles. The van der Waals surface area contributed by atoms with E-state index in [0.29, 0.717) is 24.7 Å². The number of hydrogen-bond donors (Lipinski definition) is 2. The summed E-state index contributed by atoms with van der Waals surface area (Å²) in [4.78, 5) is 17.5. The number of nitrogens with two attached hydrogens (primary N) is 1. The van der Waals surface area contributed by atoms with Crippen molar-refractivity contribution in [1.29, 1.82) is 0 Å². The molecule has 1 heterocycles. The summed E-state index contributed by atoms with van der Waals surface area (Å²) in [6.45, 7) is 0.781. The van der Waals surface area contributed by atoms with Gasteiger partial charge in [0.2, 0.25) is 5.91 Å². The van der Waals surface area contributed by atoms with E-state index in [1.807, 2.05) is 19.0 Å². The van der Waals surface area contributed by atoms with Gasteiger partial charge in [0.15, 0.2) is 5.82 Å². The largest absolute Gasteiger partial charge is 0.370 e. The van der Waals surface area contributed by atoms with Gasteiger partial charge < -0.3 is 20.7 Å². The lowest BCUT2D eigenvalue weighted by Gasteiger charge is -2.16. The van der Waals surface area contributed by atoms with Crippen LogP contribution in [-0.2, 0) is 9.53 Å². The van der Waals surface area contributed by atoms with Gasteiger partial charge in [-0.3, -0.25) is 4.79 Å². The van der Waals surface area contributed by atoms with Crippen LogP contribution >= 0.6 is 0 Å². The number of nitrogens with one attached hydrogen (secondary N) is 1. The molecule has 17 heavy (non-hydrogen) atoms. The number of ether oxygens (including phenoxy) is 1. The lowest BCUT2D eigenvalue weighted by Crippen LogP contribution is -2.22. The molecule has 6 nitrogen and oxygen atoms in total. The first-order valence-corrected chi connectivity index (χ1v) is 5.35. The van der Waals surface area contributed by atoms with E-state index in [-0.39, 0.29) is 12.5 Å². The van der Waals surface area contributed by atoms with E-state index >= 15 is 0 Å². The number of anilines is 2. The molecule has 0 radical (unpaired) electrons. The summed E-state index contributed by atoms with van der Waals surface area (Å²) in [5.41, 5.74) is 5.92. The predicted molar refractivity (Wildman–Crippen MR) is 67.1 cm³/mol. The van der Waals surface area contributed by atoms with E-state index in [1.54, 1.807) is 18.3 Å².